The van der Waals surface area contributed by atoms with Gasteiger partial charge in [0, 0.05) is 0 Å². The van der Waals surface area contributed by atoms with Crippen LogP contribution in [0.5, 0.6) is 0 Å². The first-order chi connectivity index (χ1) is 18.9. The van der Waals surface area contributed by atoms with Crippen molar-refractivity contribution in [3.63, 3.8) is 0 Å². The molecule has 0 amide bonds. The van der Waals surface area contributed by atoms with Gasteiger partial charge in [0.25, 0.3) is 0 Å². The summed E-state index contributed by atoms with van der Waals surface area (Å²) in [6, 6.07) is 36.6. The third kappa shape index (κ3) is 4.50. The van der Waals surface area contributed by atoms with Crippen LogP contribution in [-0.4, -0.2) is 3.21 Å². The molecule has 38 heavy (non-hydrogen) atoms. The van der Waals surface area contributed by atoms with E-state index in [0.717, 1.165) is 0 Å². The molecule has 0 spiro atoms. The van der Waals surface area contributed by atoms with Gasteiger partial charge in [0.2, 0.25) is 0 Å². The first-order valence-electron chi connectivity index (χ1n) is 14.3. The summed E-state index contributed by atoms with van der Waals surface area (Å²) in [7, 11) is 0. The Kier molecular flexibility index (Phi) is 6.81. The summed E-state index contributed by atoms with van der Waals surface area (Å²) < 4.78 is 4.36. The van der Waals surface area contributed by atoms with Gasteiger partial charge in [0.15, 0.2) is 0 Å². The molecule has 3 aliphatic carbocycles. The van der Waals surface area contributed by atoms with E-state index in [9.17, 15) is 0 Å². The van der Waals surface area contributed by atoms with Crippen molar-refractivity contribution >= 4 is 3.21 Å². The number of hydrogen-bond acceptors (Lipinski definition) is 0. The third-order valence-corrected chi connectivity index (χ3v) is 17.4. The summed E-state index contributed by atoms with van der Waals surface area (Å²) in [5.41, 5.74) is 11.5. The maximum absolute atomic E-state index is 2.57. The van der Waals surface area contributed by atoms with E-state index in [1.54, 1.807) is 11.1 Å². The van der Waals surface area contributed by atoms with Gasteiger partial charge in [-0.3, -0.25) is 0 Å². The fourth-order valence-corrected chi connectivity index (χ4v) is 16.3. The molecule has 1 heteroatoms. The average Bonchev–Trinajstić information content (AvgIpc) is 3.52. The maximum atomic E-state index is 2.57. The van der Waals surface area contributed by atoms with Crippen LogP contribution in [-0.2, 0) is 21.3 Å². The van der Waals surface area contributed by atoms with Crippen molar-refractivity contribution < 1.29 is 21.3 Å². The predicted octanol–water partition coefficient (Wildman–Crippen LogP) is 10.1. The molecule has 0 saturated heterocycles. The average molecular weight is 570 g/mol. The molecule has 0 heterocycles. The van der Waals surface area contributed by atoms with Crippen molar-refractivity contribution in [2.24, 2.45) is 0 Å². The van der Waals surface area contributed by atoms with Crippen LogP contribution in [0.1, 0.15) is 59.7 Å². The minimum absolute atomic E-state index is 0.564. The van der Waals surface area contributed by atoms with Crippen molar-refractivity contribution in [2.45, 2.75) is 48.6 Å². The molecule has 0 bridgehead atoms. The van der Waals surface area contributed by atoms with Crippen LogP contribution in [0.2, 0.25) is 0 Å². The second-order valence-corrected chi connectivity index (χ2v) is 17.8. The zero-order valence-corrected chi connectivity index (χ0v) is 24.5. The number of allylic oxidation sites excluding steroid dienone is 4. The standard InChI is InChI=1S/C25H17.C7H12.C5H5.Zr/c1-3-7-18(8-4-1)20-11-13-24-22(15-20)17-23-16-21(12-14-25(23)24)19-9-5-2-6-10-19;1-2-4-6-7-5-3-1;1-2-4-5-3-1;/h1-17H;1-6H2;1-3H,4H2;. The molecule has 186 valence electrons. The zero-order valence-electron chi connectivity index (χ0n) is 22.0. The molecule has 4 aromatic rings. The second kappa shape index (κ2) is 10.7. The van der Waals surface area contributed by atoms with Gasteiger partial charge in [0.05, 0.1) is 0 Å². The molecule has 0 aliphatic heterocycles. The summed E-state index contributed by atoms with van der Waals surface area (Å²) >= 11 is -2.23. The fourth-order valence-electron chi connectivity index (χ4n) is 6.88. The van der Waals surface area contributed by atoms with E-state index in [4.69, 9.17) is 0 Å². The zero-order chi connectivity index (χ0) is 25.3. The Balaban J connectivity index is 1.46. The normalized spacial score (nSPS) is 16.6. The Morgan fingerprint density at radius 1 is 0.553 bits per heavy atom. The van der Waals surface area contributed by atoms with Crippen molar-refractivity contribution in [1.82, 2.24) is 0 Å². The van der Waals surface area contributed by atoms with Gasteiger partial charge in [-0.2, -0.15) is 0 Å². The van der Waals surface area contributed by atoms with Crippen LogP contribution in [0.25, 0.3) is 33.4 Å². The number of hydrogen-bond donors (Lipinski definition) is 0. The molecule has 0 N–H and O–H groups in total. The third-order valence-electron chi connectivity index (χ3n) is 8.72. The van der Waals surface area contributed by atoms with E-state index in [1.165, 1.54) is 78.3 Å². The first-order valence-corrected chi connectivity index (χ1v) is 18.2. The molecule has 0 unspecified atom stereocenters. The SMILES string of the molecule is C1=CC[C]([Zr](=[C]2CCCCCC2)[CH]2c3cc(-c4ccccc4)ccc3-c3ccc(-c4ccccc4)cc32)=C1. The number of rotatable bonds is 4. The Labute approximate surface area is 234 Å². The van der Waals surface area contributed by atoms with Gasteiger partial charge in [-0.25, -0.2) is 0 Å². The van der Waals surface area contributed by atoms with Crippen LogP contribution < -0.4 is 0 Å². The monoisotopic (exact) mass is 568 g/mol. The van der Waals surface area contributed by atoms with Gasteiger partial charge in [0.1, 0.15) is 0 Å². The van der Waals surface area contributed by atoms with Gasteiger partial charge in [-0.1, -0.05) is 0 Å². The van der Waals surface area contributed by atoms with E-state index in [0.29, 0.717) is 3.63 Å². The van der Waals surface area contributed by atoms with Crippen LogP contribution in [0.4, 0.5) is 0 Å². The van der Waals surface area contributed by atoms with E-state index >= 15 is 0 Å². The molecular formula is C37H34Zr. The summed E-state index contributed by atoms with van der Waals surface area (Å²) in [4.78, 5) is 0. The molecule has 1 saturated carbocycles. The molecule has 0 aromatic heterocycles. The van der Waals surface area contributed by atoms with Crippen molar-refractivity contribution in [3.8, 4) is 33.4 Å². The van der Waals surface area contributed by atoms with E-state index in [1.807, 2.05) is 6.49 Å². The van der Waals surface area contributed by atoms with Gasteiger partial charge >= 0.3 is 236 Å². The summed E-state index contributed by atoms with van der Waals surface area (Å²) in [6.45, 7) is 0. The molecule has 0 radical (unpaired) electrons. The van der Waals surface area contributed by atoms with E-state index in [2.05, 4.69) is 115 Å². The van der Waals surface area contributed by atoms with Crippen molar-refractivity contribution in [3.05, 3.63) is 130 Å². The van der Waals surface area contributed by atoms with Crippen LogP contribution in [0, 0.1) is 0 Å². The Morgan fingerprint density at radius 2 is 1.11 bits per heavy atom. The number of fused-ring (bicyclic) bond motifs is 3. The van der Waals surface area contributed by atoms with E-state index in [-0.39, 0.29) is 0 Å². The minimum atomic E-state index is -2.23. The van der Waals surface area contributed by atoms with Crippen LogP contribution in [0.3, 0.4) is 0 Å². The summed E-state index contributed by atoms with van der Waals surface area (Å²) in [6.07, 6.45) is 16.8. The predicted molar refractivity (Wildman–Crippen MR) is 159 cm³/mol. The summed E-state index contributed by atoms with van der Waals surface area (Å²) in [5.74, 6) is 0. The number of benzene rings is 4. The van der Waals surface area contributed by atoms with Gasteiger partial charge in [-0.15, -0.1) is 0 Å². The molecule has 1 fully saturated rings. The Hall–Kier alpha value is -2.89. The van der Waals surface area contributed by atoms with Crippen molar-refractivity contribution in [1.29, 1.82) is 0 Å². The first kappa shape index (κ1) is 24.2. The second-order valence-electron chi connectivity index (χ2n) is 11.0. The Bertz CT molecular complexity index is 1470. The van der Waals surface area contributed by atoms with Crippen LogP contribution in [0.15, 0.2) is 119 Å². The fraction of sp³-hybridized carbons (Fsp3) is 0.216. The van der Waals surface area contributed by atoms with Gasteiger partial charge < -0.3 is 0 Å². The molecule has 0 atom stereocenters. The van der Waals surface area contributed by atoms with E-state index < -0.39 is 21.3 Å². The Morgan fingerprint density at radius 3 is 1.61 bits per heavy atom. The quantitative estimate of drug-likeness (QED) is 0.215. The van der Waals surface area contributed by atoms with Crippen molar-refractivity contribution in [2.75, 3.05) is 0 Å². The molecule has 0 nitrogen and oxygen atoms in total. The summed E-state index contributed by atoms with van der Waals surface area (Å²) in [5, 5.41) is 0. The van der Waals surface area contributed by atoms with Gasteiger partial charge in [-0.05, 0) is 0 Å². The molecule has 4 aromatic carbocycles. The topological polar surface area (TPSA) is 0 Å². The molecule has 3 aliphatic rings. The van der Waals surface area contributed by atoms with Crippen LogP contribution >= 0.6 is 0 Å². The molecule has 7 rings (SSSR count). The molecular weight excluding hydrogens is 536 g/mol.